The van der Waals surface area contributed by atoms with Crippen molar-refractivity contribution in [2.45, 2.75) is 64.5 Å². The summed E-state index contributed by atoms with van der Waals surface area (Å²) in [5.41, 5.74) is 4.32. The summed E-state index contributed by atoms with van der Waals surface area (Å²) in [5.74, 6) is -0.0481. The van der Waals surface area contributed by atoms with Crippen LogP contribution in [0.2, 0.25) is 0 Å². The van der Waals surface area contributed by atoms with Gasteiger partial charge in [0.2, 0.25) is 5.91 Å². The highest BCUT2D eigenvalue weighted by atomic mass is 32.1. The zero-order valence-corrected chi connectivity index (χ0v) is 20.9. The van der Waals surface area contributed by atoms with E-state index in [1.54, 1.807) is 6.20 Å². The number of ether oxygens (including phenoxy) is 1. The lowest BCUT2D eigenvalue weighted by Gasteiger charge is -2.23. The Morgan fingerprint density at radius 3 is 2.77 bits per heavy atom. The van der Waals surface area contributed by atoms with Gasteiger partial charge in [-0.1, -0.05) is 37.3 Å². The average Bonchev–Trinajstić information content (AvgIpc) is 3.41. The number of hydrogen-bond acceptors (Lipinski definition) is 6. The first-order valence-corrected chi connectivity index (χ1v) is 12.5. The zero-order chi connectivity index (χ0) is 24.9. The van der Waals surface area contributed by atoms with Gasteiger partial charge in [-0.3, -0.25) is 9.89 Å². The zero-order valence-electron chi connectivity index (χ0n) is 20.1. The van der Waals surface area contributed by atoms with E-state index in [9.17, 15) is 14.9 Å². The predicted molar refractivity (Wildman–Crippen MR) is 134 cm³/mol. The van der Waals surface area contributed by atoms with Crippen LogP contribution in [0.1, 0.15) is 71.5 Å². The second-order valence-electron chi connectivity index (χ2n) is 8.95. The Morgan fingerprint density at radius 2 is 2.09 bits per heavy atom. The monoisotopic (exact) mass is 491 g/mol. The maximum atomic E-state index is 12.7. The van der Waals surface area contributed by atoms with Gasteiger partial charge in [-0.15, -0.1) is 11.3 Å². The number of amides is 2. The molecule has 2 heterocycles. The number of aryl methyl sites for hydroxylation is 1. The minimum atomic E-state index is -0.480. The van der Waals surface area contributed by atoms with Gasteiger partial charge < -0.3 is 15.4 Å². The highest BCUT2D eigenvalue weighted by Crippen LogP contribution is 2.38. The summed E-state index contributed by atoms with van der Waals surface area (Å²) in [6, 6.07) is 11.9. The Labute approximate surface area is 208 Å². The third kappa shape index (κ3) is 5.72. The number of alkyl carbamates (subject to hydrolysis) is 1. The number of anilines is 1. The van der Waals surface area contributed by atoms with E-state index in [0.717, 1.165) is 27.3 Å². The third-order valence-electron chi connectivity index (χ3n) is 6.39. The molecule has 3 unspecified atom stereocenters. The molecule has 1 aliphatic rings. The number of nitriles is 1. The number of benzene rings is 1. The van der Waals surface area contributed by atoms with Crippen LogP contribution in [0.5, 0.6) is 0 Å². The highest BCUT2D eigenvalue weighted by Gasteiger charge is 2.29. The number of carbonyl (C=O) groups is 2. The van der Waals surface area contributed by atoms with Crippen molar-refractivity contribution in [1.29, 1.82) is 5.26 Å². The van der Waals surface area contributed by atoms with Crippen LogP contribution >= 0.6 is 11.3 Å². The molecule has 2 amide bonds. The topological polar surface area (TPSA) is 120 Å². The molecular formula is C26H29N5O3S. The minimum Gasteiger partial charge on any atom is -0.446 e. The number of nitrogens with zero attached hydrogens (tertiary/aromatic N) is 2. The number of H-pyrrole nitrogens is 1. The number of fused-ring (bicyclic) bond motifs is 1. The van der Waals surface area contributed by atoms with Crippen LogP contribution in [0.4, 0.5) is 9.80 Å². The van der Waals surface area contributed by atoms with E-state index in [1.807, 2.05) is 51.1 Å². The first-order chi connectivity index (χ1) is 16.9. The van der Waals surface area contributed by atoms with E-state index in [4.69, 9.17) is 4.74 Å². The molecule has 0 saturated heterocycles. The molecule has 2 aromatic heterocycles. The van der Waals surface area contributed by atoms with E-state index in [-0.39, 0.29) is 24.0 Å². The van der Waals surface area contributed by atoms with Crippen LogP contribution in [-0.2, 0) is 22.4 Å². The lowest BCUT2D eigenvalue weighted by atomic mass is 9.93. The van der Waals surface area contributed by atoms with Crippen molar-refractivity contribution < 1.29 is 14.3 Å². The average molecular weight is 492 g/mol. The Bertz CT molecular complexity index is 1240. The lowest BCUT2D eigenvalue weighted by Crippen LogP contribution is -2.33. The first-order valence-electron chi connectivity index (χ1n) is 11.7. The van der Waals surface area contributed by atoms with E-state index in [2.05, 4.69) is 26.9 Å². The Balaban J connectivity index is 1.36. The lowest BCUT2D eigenvalue weighted by molar-refractivity contribution is -0.116. The molecule has 35 heavy (non-hydrogen) atoms. The van der Waals surface area contributed by atoms with Crippen LogP contribution in [0, 0.1) is 18.3 Å². The number of thiophene rings is 1. The Hall–Kier alpha value is -3.64. The summed E-state index contributed by atoms with van der Waals surface area (Å²) in [6.07, 6.45) is 3.11. The van der Waals surface area contributed by atoms with Gasteiger partial charge in [0.05, 0.1) is 17.3 Å². The SMILES string of the molecule is Cc1n[nH]cc1C(C)NC(=O)OC1CCc2c(sc(NC(=O)CC(C)c3ccccc3)c2C#N)C1. The largest absolute Gasteiger partial charge is 0.446 e. The number of hydrogen-bond donors (Lipinski definition) is 3. The fraction of sp³-hybridized carbons (Fsp3) is 0.385. The van der Waals surface area contributed by atoms with Crippen molar-refractivity contribution in [1.82, 2.24) is 15.5 Å². The van der Waals surface area contributed by atoms with Gasteiger partial charge >= 0.3 is 6.09 Å². The Morgan fingerprint density at radius 1 is 1.31 bits per heavy atom. The molecule has 0 bridgehead atoms. The highest BCUT2D eigenvalue weighted by molar-refractivity contribution is 7.16. The van der Waals surface area contributed by atoms with E-state index in [1.165, 1.54) is 11.3 Å². The summed E-state index contributed by atoms with van der Waals surface area (Å²) >= 11 is 1.40. The molecule has 0 saturated carbocycles. The van der Waals surface area contributed by atoms with E-state index < -0.39 is 6.09 Å². The molecule has 9 heteroatoms. The van der Waals surface area contributed by atoms with Crippen molar-refractivity contribution in [3.05, 3.63) is 69.4 Å². The molecule has 0 fully saturated rings. The number of carbonyl (C=O) groups excluding carboxylic acids is 2. The maximum Gasteiger partial charge on any atom is 0.407 e. The summed E-state index contributed by atoms with van der Waals surface area (Å²) in [4.78, 5) is 26.2. The van der Waals surface area contributed by atoms with Crippen molar-refractivity contribution in [3.8, 4) is 6.07 Å². The van der Waals surface area contributed by atoms with E-state index in [0.29, 0.717) is 36.2 Å². The molecule has 3 atom stereocenters. The van der Waals surface area contributed by atoms with Crippen LogP contribution < -0.4 is 10.6 Å². The molecule has 0 spiro atoms. The minimum absolute atomic E-state index is 0.0702. The second kappa shape index (κ2) is 10.7. The van der Waals surface area contributed by atoms with Gasteiger partial charge in [-0.25, -0.2) is 4.79 Å². The van der Waals surface area contributed by atoms with Gasteiger partial charge in [-0.05, 0) is 43.7 Å². The van der Waals surface area contributed by atoms with Crippen LogP contribution in [0.25, 0.3) is 0 Å². The summed E-state index contributed by atoms with van der Waals surface area (Å²) in [5, 5.41) is 23.0. The van der Waals surface area contributed by atoms with Gasteiger partial charge in [0, 0.05) is 29.5 Å². The fourth-order valence-electron chi connectivity index (χ4n) is 4.46. The van der Waals surface area contributed by atoms with E-state index >= 15 is 0 Å². The molecular weight excluding hydrogens is 462 g/mol. The van der Waals surface area contributed by atoms with Crippen LogP contribution in [-0.4, -0.2) is 28.3 Å². The summed E-state index contributed by atoms with van der Waals surface area (Å²) in [6.45, 7) is 5.77. The third-order valence-corrected chi connectivity index (χ3v) is 7.56. The number of aromatic nitrogens is 2. The number of aromatic amines is 1. The maximum absolute atomic E-state index is 12.7. The standard InChI is InChI=1S/C26H29N5O3S/c1-15(18-7-5-4-6-8-18)11-24(32)30-25-21(13-27)20-10-9-19(12-23(20)35-25)34-26(33)29-16(2)22-14-28-31-17(22)3/h4-8,14-16,19H,9-12H2,1-3H3,(H,28,31)(H,29,33)(H,30,32). The quantitative estimate of drug-likeness (QED) is 0.423. The van der Waals surface area contributed by atoms with Gasteiger partial charge in [-0.2, -0.15) is 10.4 Å². The van der Waals surface area contributed by atoms with Crippen molar-refractivity contribution >= 4 is 28.3 Å². The fourth-order valence-corrected chi connectivity index (χ4v) is 5.74. The normalized spacial score (nSPS) is 16.5. The molecule has 0 aliphatic heterocycles. The smallest absolute Gasteiger partial charge is 0.407 e. The molecule has 3 N–H and O–H groups in total. The van der Waals surface area contributed by atoms with Crippen LogP contribution in [0.15, 0.2) is 36.5 Å². The van der Waals surface area contributed by atoms with Crippen molar-refractivity contribution in [3.63, 3.8) is 0 Å². The molecule has 8 nitrogen and oxygen atoms in total. The Kier molecular flexibility index (Phi) is 7.51. The number of nitrogens with one attached hydrogen (secondary N) is 3. The van der Waals surface area contributed by atoms with Crippen molar-refractivity contribution in [2.75, 3.05) is 5.32 Å². The molecule has 4 rings (SSSR count). The molecule has 1 aliphatic carbocycles. The van der Waals surface area contributed by atoms with Gasteiger partial charge in [0.1, 0.15) is 17.2 Å². The molecule has 0 radical (unpaired) electrons. The molecule has 3 aromatic rings. The molecule has 182 valence electrons. The van der Waals surface area contributed by atoms with Crippen LogP contribution in [0.3, 0.4) is 0 Å². The molecule has 1 aromatic carbocycles. The first kappa shape index (κ1) is 24.5. The predicted octanol–water partition coefficient (Wildman–Crippen LogP) is 5.13. The van der Waals surface area contributed by atoms with Gasteiger partial charge in [0.25, 0.3) is 0 Å². The summed E-state index contributed by atoms with van der Waals surface area (Å²) < 4.78 is 5.68. The van der Waals surface area contributed by atoms with Crippen molar-refractivity contribution in [2.24, 2.45) is 0 Å². The van der Waals surface area contributed by atoms with Gasteiger partial charge in [0.15, 0.2) is 0 Å². The summed E-state index contributed by atoms with van der Waals surface area (Å²) in [7, 11) is 0. The number of rotatable bonds is 7. The second-order valence-corrected chi connectivity index (χ2v) is 10.1.